The second-order valence-corrected chi connectivity index (χ2v) is 6.46. The Morgan fingerprint density at radius 2 is 2.00 bits per heavy atom. The van der Waals surface area contributed by atoms with Crippen LogP contribution >= 0.6 is 0 Å². The van der Waals surface area contributed by atoms with Gasteiger partial charge >= 0.3 is 5.82 Å². The summed E-state index contributed by atoms with van der Waals surface area (Å²) in [7, 11) is 0. The van der Waals surface area contributed by atoms with E-state index in [9.17, 15) is 15.4 Å². The highest BCUT2D eigenvalue weighted by atomic mass is 16.6. The molecular weight excluding hydrogens is 386 g/mol. The molecule has 3 heterocycles. The van der Waals surface area contributed by atoms with Gasteiger partial charge in [0.05, 0.1) is 11.4 Å². The Morgan fingerprint density at radius 1 is 1.20 bits per heavy atom. The first kappa shape index (κ1) is 18.9. The Hall–Kier alpha value is -4.46. The van der Waals surface area contributed by atoms with Gasteiger partial charge in [-0.25, -0.2) is 9.67 Å². The first-order valence-corrected chi connectivity index (χ1v) is 9.14. The maximum absolute atomic E-state index is 11.0. The summed E-state index contributed by atoms with van der Waals surface area (Å²) in [5.41, 5.74) is 8.28. The molecule has 0 bridgehead atoms. The van der Waals surface area contributed by atoms with Gasteiger partial charge in [0.1, 0.15) is 23.6 Å². The molecule has 0 spiro atoms. The number of fused-ring (bicyclic) bond motifs is 1. The van der Waals surface area contributed by atoms with E-state index in [4.69, 9.17) is 5.73 Å². The summed E-state index contributed by atoms with van der Waals surface area (Å²) < 4.78 is 2.74. The number of hydrogen-bond donors (Lipinski definition) is 2. The fourth-order valence-electron chi connectivity index (χ4n) is 3.09. The molecule has 11 nitrogen and oxygen atoms in total. The number of nitriles is 1. The zero-order chi connectivity index (χ0) is 21.1. The highest BCUT2D eigenvalue weighted by Crippen LogP contribution is 2.21. The Morgan fingerprint density at radius 3 is 2.73 bits per heavy atom. The van der Waals surface area contributed by atoms with Crippen molar-refractivity contribution >= 4 is 23.1 Å². The second-order valence-electron chi connectivity index (χ2n) is 6.46. The topological polar surface area (TPSA) is 153 Å². The predicted molar refractivity (Wildman–Crippen MR) is 109 cm³/mol. The lowest BCUT2D eigenvalue weighted by Gasteiger charge is -2.04. The van der Waals surface area contributed by atoms with E-state index in [1.807, 2.05) is 30.3 Å². The number of nitrogens with one attached hydrogen (secondary N) is 1. The Labute approximate surface area is 170 Å². The molecule has 150 valence electrons. The molecule has 3 aromatic heterocycles. The molecule has 30 heavy (non-hydrogen) atoms. The third-order valence-corrected chi connectivity index (χ3v) is 4.53. The SMILES string of the molecule is N#Cc1c(CCCNc2ccc3ncc([N+](=O)[O-])n3n2)nn(-c2ccccc2)c1N. The summed E-state index contributed by atoms with van der Waals surface area (Å²) in [4.78, 5) is 14.5. The summed E-state index contributed by atoms with van der Waals surface area (Å²) in [5.74, 6) is 0.596. The van der Waals surface area contributed by atoms with Gasteiger partial charge in [0, 0.05) is 12.6 Å². The molecule has 0 aliphatic heterocycles. The summed E-state index contributed by atoms with van der Waals surface area (Å²) in [6.07, 6.45) is 2.36. The highest BCUT2D eigenvalue weighted by molar-refractivity contribution is 5.56. The molecular formula is C19H17N9O2. The fraction of sp³-hybridized carbons (Fsp3) is 0.158. The number of aromatic nitrogens is 5. The van der Waals surface area contributed by atoms with E-state index in [-0.39, 0.29) is 5.82 Å². The molecule has 0 fully saturated rings. The van der Waals surface area contributed by atoms with Crippen molar-refractivity contribution in [3.05, 3.63) is 70.0 Å². The Kier molecular flexibility index (Phi) is 4.96. The number of nitrogens with zero attached hydrogens (tertiary/aromatic N) is 7. The van der Waals surface area contributed by atoms with Gasteiger partial charge in [-0.15, -0.1) is 0 Å². The van der Waals surface area contributed by atoms with Crippen molar-refractivity contribution in [1.29, 1.82) is 5.26 Å². The quantitative estimate of drug-likeness (QED) is 0.271. The molecule has 4 rings (SSSR count). The van der Waals surface area contributed by atoms with Crippen LogP contribution in [0.2, 0.25) is 0 Å². The van der Waals surface area contributed by atoms with E-state index >= 15 is 0 Å². The van der Waals surface area contributed by atoms with Crippen LogP contribution < -0.4 is 11.1 Å². The average molecular weight is 403 g/mol. The molecule has 0 amide bonds. The number of nitro groups is 1. The van der Waals surface area contributed by atoms with E-state index in [1.165, 1.54) is 10.7 Å². The van der Waals surface area contributed by atoms with Gasteiger partial charge < -0.3 is 21.2 Å². The molecule has 11 heteroatoms. The number of hydrogen-bond acceptors (Lipinski definition) is 8. The summed E-state index contributed by atoms with van der Waals surface area (Å²) in [6, 6.07) is 14.9. The van der Waals surface area contributed by atoms with Crippen LogP contribution in [0.25, 0.3) is 11.3 Å². The molecule has 0 aliphatic rings. The lowest BCUT2D eigenvalue weighted by Crippen LogP contribution is -2.08. The average Bonchev–Trinajstić information content (AvgIpc) is 3.32. The maximum atomic E-state index is 11.0. The third-order valence-electron chi connectivity index (χ3n) is 4.53. The van der Waals surface area contributed by atoms with Crippen LogP contribution in [0.4, 0.5) is 17.5 Å². The summed E-state index contributed by atoms with van der Waals surface area (Å²) >= 11 is 0. The first-order chi connectivity index (χ1) is 14.6. The standard InChI is InChI=1S/C19H17N9O2/c20-11-14-15(24-26(19(14)21)13-5-2-1-3-6-13)7-4-10-22-16-8-9-17-23-12-18(28(29)30)27(17)25-16/h1-3,5-6,8-9,12H,4,7,10,21H2,(H,22,25). The van der Waals surface area contributed by atoms with Crippen molar-refractivity contribution in [3.8, 4) is 11.8 Å². The maximum Gasteiger partial charge on any atom is 0.368 e. The molecule has 3 N–H and O–H groups in total. The first-order valence-electron chi connectivity index (χ1n) is 9.14. The Bertz CT molecular complexity index is 1250. The van der Waals surface area contributed by atoms with Crippen LogP contribution in [0.5, 0.6) is 0 Å². The van der Waals surface area contributed by atoms with E-state index in [0.29, 0.717) is 47.9 Å². The molecule has 0 unspecified atom stereocenters. The van der Waals surface area contributed by atoms with Gasteiger partial charge in [-0.1, -0.05) is 27.8 Å². The van der Waals surface area contributed by atoms with Crippen LogP contribution in [-0.2, 0) is 6.42 Å². The van der Waals surface area contributed by atoms with Crippen molar-refractivity contribution in [3.63, 3.8) is 0 Å². The largest absolute Gasteiger partial charge is 0.382 e. The van der Waals surface area contributed by atoms with Gasteiger partial charge in [0.25, 0.3) is 0 Å². The van der Waals surface area contributed by atoms with Crippen LogP contribution in [-0.4, -0.2) is 35.8 Å². The zero-order valence-electron chi connectivity index (χ0n) is 15.8. The van der Waals surface area contributed by atoms with Crippen LogP contribution in [0, 0.1) is 21.4 Å². The van der Waals surface area contributed by atoms with Crippen molar-refractivity contribution in [1.82, 2.24) is 24.4 Å². The van der Waals surface area contributed by atoms with Gasteiger partial charge in [0.2, 0.25) is 5.65 Å². The number of nitrogens with two attached hydrogens (primary N) is 1. The minimum absolute atomic E-state index is 0.200. The monoisotopic (exact) mass is 403 g/mol. The van der Waals surface area contributed by atoms with Crippen LogP contribution in [0.1, 0.15) is 17.7 Å². The van der Waals surface area contributed by atoms with Crippen molar-refractivity contribution in [2.24, 2.45) is 0 Å². The number of anilines is 2. The number of imidazole rings is 1. The van der Waals surface area contributed by atoms with Crippen molar-refractivity contribution < 1.29 is 4.92 Å². The molecule has 0 saturated carbocycles. The smallest absolute Gasteiger partial charge is 0.368 e. The number of benzene rings is 1. The minimum atomic E-state index is -0.534. The molecule has 4 aromatic rings. The van der Waals surface area contributed by atoms with Crippen molar-refractivity contribution in [2.75, 3.05) is 17.6 Å². The number of para-hydroxylation sites is 1. The lowest BCUT2D eigenvalue weighted by molar-refractivity contribution is -0.391. The molecule has 1 aromatic carbocycles. The van der Waals surface area contributed by atoms with Gasteiger partial charge in [-0.2, -0.15) is 10.4 Å². The number of rotatable bonds is 7. The molecule has 0 atom stereocenters. The van der Waals surface area contributed by atoms with Crippen LogP contribution in [0.15, 0.2) is 48.7 Å². The molecule has 0 aliphatic carbocycles. The number of aryl methyl sites for hydroxylation is 1. The fourth-order valence-corrected chi connectivity index (χ4v) is 3.09. The normalized spacial score (nSPS) is 10.8. The third kappa shape index (κ3) is 3.49. The highest BCUT2D eigenvalue weighted by Gasteiger charge is 2.17. The van der Waals surface area contributed by atoms with E-state index in [0.717, 1.165) is 5.69 Å². The minimum Gasteiger partial charge on any atom is -0.382 e. The van der Waals surface area contributed by atoms with Gasteiger partial charge in [-0.3, -0.25) is 0 Å². The summed E-state index contributed by atoms with van der Waals surface area (Å²) in [5, 5.41) is 32.3. The lowest BCUT2D eigenvalue weighted by atomic mass is 10.1. The molecule has 0 radical (unpaired) electrons. The van der Waals surface area contributed by atoms with Gasteiger partial charge in [0.15, 0.2) is 5.82 Å². The summed E-state index contributed by atoms with van der Waals surface area (Å²) in [6.45, 7) is 0.532. The van der Waals surface area contributed by atoms with Crippen molar-refractivity contribution in [2.45, 2.75) is 12.8 Å². The molecule has 0 saturated heterocycles. The van der Waals surface area contributed by atoms with Gasteiger partial charge in [-0.05, 0) is 36.0 Å². The second kappa shape index (κ2) is 7.88. The predicted octanol–water partition coefficient (Wildman–Crippen LogP) is 2.32. The van der Waals surface area contributed by atoms with E-state index in [2.05, 4.69) is 26.6 Å². The Balaban J connectivity index is 1.44. The van der Waals surface area contributed by atoms with E-state index in [1.54, 1.807) is 16.8 Å². The van der Waals surface area contributed by atoms with Crippen LogP contribution in [0.3, 0.4) is 0 Å². The zero-order valence-corrected chi connectivity index (χ0v) is 15.8. The van der Waals surface area contributed by atoms with E-state index < -0.39 is 4.92 Å². The number of nitrogen functional groups attached to an aromatic ring is 1.